The average molecular weight is 223 g/mol. The number of oxazole rings is 1. The second kappa shape index (κ2) is 4.65. The highest BCUT2D eigenvalue weighted by atomic mass is 16.4. The Hall–Kier alpha value is -1.36. The molecule has 2 N–H and O–H groups in total. The first-order chi connectivity index (χ1) is 7.66. The lowest BCUT2D eigenvalue weighted by atomic mass is 10.1. The molecular weight excluding hydrogens is 206 g/mol. The molecule has 0 spiro atoms. The number of rotatable bonds is 3. The summed E-state index contributed by atoms with van der Waals surface area (Å²) in [5.74, 6) is 1.57. The molecule has 2 heterocycles. The van der Waals surface area contributed by atoms with E-state index < -0.39 is 0 Å². The van der Waals surface area contributed by atoms with Crippen LogP contribution in [0.5, 0.6) is 0 Å². The number of hydrogen-bond acceptors (Lipinski definition) is 4. The van der Waals surface area contributed by atoms with Gasteiger partial charge in [0.05, 0.1) is 18.2 Å². The molecule has 16 heavy (non-hydrogen) atoms. The fourth-order valence-corrected chi connectivity index (χ4v) is 1.80. The monoisotopic (exact) mass is 223 g/mol. The standard InChI is InChI=1S/C11H17N3O2/c1-7-8(2)16-10(14-7)6-13-11(15)9-3-4-12-5-9/h9,12H,3-6H2,1-2H3,(H,13,15). The summed E-state index contributed by atoms with van der Waals surface area (Å²) >= 11 is 0. The van der Waals surface area contributed by atoms with E-state index in [0.717, 1.165) is 31.0 Å². The van der Waals surface area contributed by atoms with Crippen molar-refractivity contribution in [3.8, 4) is 0 Å². The lowest BCUT2D eigenvalue weighted by Crippen LogP contribution is -2.31. The van der Waals surface area contributed by atoms with Gasteiger partial charge in [0.2, 0.25) is 11.8 Å². The number of aryl methyl sites for hydroxylation is 2. The van der Waals surface area contributed by atoms with Crippen LogP contribution in [0.4, 0.5) is 0 Å². The Labute approximate surface area is 94.6 Å². The minimum absolute atomic E-state index is 0.0820. The molecule has 88 valence electrons. The summed E-state index contributed by atoms with van der Waals surface area (Å²) < 4.78 is 5.39. The van der Waals surface area contributed by atoms with Gasteiger partial charge < -0.3 is 15.1 Å². The zero-order valence-electron chi connectivity index (χ0n) is 9.67. The number of carbonyl (C=O) groups is 1. The summed E-state index contributed by atoms with van der Waals surface area (Å²) in [6.45, 7) is 5.84. The van der Waals surface area contributed by atoms with Crippen LogP contribution in [-0.4, -0.2) is 24.0 Å². The van der Waals surface area contributed by atoms with E-state index in [1.807, 2.05) is 13.8 Å². The predicted octanol–water partition coefficient (Wildman–Crippen LogP) is 0.517. The molecule has 1 amide bonds. The third-order valence-electron chi connectivity index (χ3n) is 2.92. The largest absolute Gasteiger partial charge is 0.444 e. The number of carbonyl (C=O) groups excluding carboxylic acids is 1. The zero-order valence-corrected chi connectivity index (χ0v) is 9.67. The minimum atomic E-state index is 0.0820. The van der Waals surface area contributed by atoms with Crippen molar-refractivity contribution in [1.82, 2.24) is 15.6 Å². The first kappa shape index (κ1) is 11.1. The van der Waals surface area contributed by atoms with Crippen LogP contribution in [0.25, 0.3) is 0 Å². The molecule has 2 rings (SSSR count). The lowest BCUT2D eigenvalue weighted by Gasteiger charge is -2.07. The fourth-order valence-electron chi connectivity index (χ4n) is 1.80. The van der Waals surface area contributed by atoms with E-state index in [0.29, 0.717) is 12.4 Å². The molecule has 1 atom stereocenters. The third-order valence-corrected chi connectivity index (χ3v) is 2.92. The number of nitrogens with zero attached hydrogens (tertiary/aromatic N) is 1. The van der Waals surface area contributed by atoms with Crippen LogP contribution in [0.15, 0.2) is 4.42 Å². The topological polar surface area (TPSA) is 67.2 Å². The van der Waals surface area contributed by atoms with E-state index in [-0.39, 0.29) is 11.8 Å². The molecule has 0 aliphatic carbocycles. The summed E-state index contributed by atoms with van der Waals surface area (Å²) in [6, 6.07) is 0. The summed E-state index contributed by atoms with van der Waals surface area (Å²) in [4.78, 5) is 15.9. The lowest BCUT2D eigenvalue weighted by molar-refractivity contribution is -0.124. The fraction of sp³-hybridized carbons (Fsp3) is 0.636. The first-order valence-corrected chi connectivity index (χ1v) is 5.58. The SMILES string of the molecule is Cc1nc(CNC(=O)C2CCNC2)oc1C. The van der Waals surface area contributed by atoms with Crippen molar-refractivity contribution in [2.24, 2.45) is 5.92 Å². The minimum Gasteiger partial charge on any atom is -0.444 e. The molecule has 0 aromatic carbocycles. The maximum Gasteiger partial charge on any atom is 0.224 e. The Morgan fingerprint density at radius 3 is 3.00 bits per heavy atom. The normalized spacial score (nSPS) is 20.0. The summed E-state index contributed by atoms with van der Waals surface area (Å²) in [5.41, 5.74) is 0.881. The first-order valence-electron chi connectivity index (χ1n) is 5.58. The van der Waals surface area contributed by atoms with E-state index in [1.165, 1.54) is 0 Å². The molecule has 5 nitrogen and oxygen atoms in total. The molecule has 1 aromatic heterocycles. The molecule has 1 aliphatic heterocycles. The van der Waals surface area contributed by atoms with Gasteiger partial charge in [-0.05, 0) is 26.8 Å². The second-order valence-corrected chi connectivity index (χ2v) is 4.16. The third kappa shape index (κ3) is 2.41. The Morgan fingerprint density at radius 1 is 1.62 bits per heavy atom. The van der Waals surface area contributed by atoms with E-state index in [1.54, 1.807) is 0 Å². The van der Waals surface area contributed by atoms with Crippen molar-refractivity contribution in [2.75, 3.05) is 13.1 Å². The van der Waals surface area contributed by atoms with Crippen molar-refractivity contribution in [3.05, 3.63) is 17.3 Å². The molecular formula is C11H17N3O2. The Balaban J connectivity index is 1.84. The van der Waals surface area contributed by atoms with Gasteiger partial charge in [0, 0.05) is 6.54 Å². The highest BCUT2D eigenvalue weighted by molar-refractivity contribution is 5.79. The molecule has 5 heteroatoms. The molecule has 0 bridgehead atoms. The van der Waals surface area contributed by atoms with Crippen molar-refractivity contribution in [1.29, 1.82) is 0 Å². The van der Waals surface area contributed by atoms with Gasteiger partial charge in [-0.3, -0.25) is 4.79 Å². The van der Waals surface area contributed by atoms with Crippen molar-refractivity contribution >= 4 is 5.91 Å². The van der Waals surface area contributed by atoms with Crippen LogP contribution in [0, 0.1) is 19.8 Å². The van der Waals surface area contributed by atoms with Gasteiger partial charge in [0.25, 0.3) is 0 Å². The van der Waals surface area contributed by atoms with E-state index in [2.05, 4.69) is 15.6 Å². The van der Waals surface area contributed by atoms with Crippen molar-refractivity contribution in [3.63, 3.8) is 0 Å². The molecule has 0 saturated carbocycles. The number of aromatic nitrogens is 1. The Bertz CT molecular complexity index is 361. The molecule has 0 radical (unpaired) electrons. The maximum absolute atomic E-state index is 11.7. The van der Waals surface area contributed by atoms with E-state index in [9.17, 15) is 4.79 Å². The maximum atomic E-state index is 11.7. The molecule has 1 aromatic rings. The Kier molecular flexibility index (Phi) is 3.24. The quantitative estimate of drug-likeness (QED) is 0.784. The number of hydrogen-bond donors (Lipinski definition) is 2. The summed E-state index contributed by atoms with van der Waals surface area (Å²) in [5, 5.41) is 6.01. The van der Waals surface area contributed by atoms with Crippen LogP contribution in [0.3, 0.4) is 0 Å². The second-order valence-electron chi connectivity index (χ2n) is 4.16. The van der Waals surface area contributed by atoms with Gasteiger partial charge in [-0.2, -0.15) is 0 Å². The van der Waals surface area contributed by atoms with Crippen molar-refractivity contribution < 1.29 is 9.21 Å². The van der Waals surface area contributed by atoms with Gasteiger partial charge >= 0.3 is 0 Å². The predicted molar refractivity (Wildman–Crippen MR) is 58.8 cm³/mol. The molecule has 1 saturated heterocycles. The van der Waals surface area contributed by atoms with E-state index >= 15 is 0 Å². The number of amides is 1. The molecule has 1 fully saturated rings. The van der Waals surface area contributed by atoms with Crippen LogP contribution < -0.4 is 10.6 Å². The average Bonchev–Trinajstić information content (AvgIpc) is 2.86. The smallest absolute Gasteiger partial charge is 0.224 e. The van der Waals surface area contributed by atoms with Crippen molar-refractivity contribution in [2.45, 2.75) is 26.8 Å². The Morgan fingerprint density at radius 2 is 2.44 bits per heavy atom. The van der Waals surface area contributed by atoms with Gasteiger partial charge in [-0.1, -0.05) is 0 Å². The van der Waals surface area contributed by atoms with Crippen LogP contribution in [0.2, 0.25) is 0 Å². The van der Waals surface area contributed by atoms with Gasteiger partial charge in [-0.15, -0.1) is 0 Å². The van der Waals surface area contributed by atoms with Crippen LogP contribution in [0.1, 0.15) is 23.8 Å². The van der Waals surface area contributed by atoms with Gasteiger partial charge in [0.15, 0.2) is 0 Å². The van der Waals surface area contributed by atoms with Crippen LogP contribution in [-0.2, 0) is 11.3 Å². The zero-order chi connectivity index (χ0) is 11.5. The summed E-state index contributed by atoms with van der Waals surface area (Å²) in [7, 11) is 0. The highest BCUT2D eigenvalue weighted by Crippen LogP contribution is 2.10. The summed E-state index contributed by atoms with van der Waals surface area (Å²) in [6.07, 6.45) is 0.912. The molecule has 1 unspecified atom stereocenters. The number of nitrogens with one attached hydrogen (secondary N) is 2. The highest BCUT2D eigenvalue weighted by Gasteiger charge is 2.22. The van der Waals surface area contributed by atoms with Gasteiger partial charge in [0.1, 0.15) is 5.76 Å². The molecule has 1 aliphatic rings. The van der Waals surface area contributed by atoms with E-state index in [4.69, 9.17) is 4.42 Å². The van der Waals surface area contributed by atoms with Crippen LogP contribution >= 0.6 is 0 Å². The van der Waals surface area contributed by atoms with Gasteiger partial charge in [-0.25, -0.2) is 4.98 Å².